The second kappa shape index (κ2) is 9.05. The van der Waals surface area contributed by atoms with Gasteiger partial charge in [0.05, 0.1) is 13.2 Å². The molecule has 0 heterocycles. The van der Waals surface area contributed by atoms with Crippen LogP contribution in [0.5, 0.6) is 5.75 Å². The lowest BCUT2D eigenvalue weighted by Gasteiger charge is -2.09. The van der Waals surface area contributed by atoms with Crippen molar-refractivity contribution >= 4 is 11.6 Å². The summed E-state index contributed by atoms with van der Waals surface area (Å²) in [6, 6.07) is 14.7. The van der Waals surface area contributed by atoms with Crippen LogP contribution in [0.2, 0.25) is 0 Å². The Bertz CT molecular complexity index is 654. The lowest BCUT2D eigenvalue weighted by atomic mass is 10.1. The lowest BCUT2D eigenvalue weighted by molar-refractivity contribution is 0.102. The van der Waals surface area contributed by atoms with Crippen LogP contribution in [-0.2, 0) is 6.54 Å². The Hall–Kier alpha value is -2.37. The van der Waals surface area contributed by atoms with Gasteiger partial charge in [-0.25, -0.2) is 0 Å². The van der Waals surface area contributed by atoms with Crippen LogP contribution in [0, 0.1) is 0 Å². The first-order valence-electron chi connectivity index (χ1n) is 8.01. The third-order valence-electron chi connectivity index (χ3n) is 3.61. The van der Waals surface area contributed by atoms with Crippen LogP contribution in [0.4, 0.5) is 5.69 Å². The monoisotopic (exact) mass is 328 g/mol. The predicted molar refractivity (Wildman–Crippen MR) is 95.4 cm³/mol. The molecule has 0 saturated carbocycles. The Labute approximate surface area is 142 Å². The van der Waals surface area contributed by atoms with Crippen molar-refractivity contribution in [2.24, 2.45) is 0 Å². The van der Waals surface area contributed by atoms with Gasteiger partial charge in [-0.15, -0.1) is 0 Å². The quantitative estimate of drug-likeness (QED) is 0.652. The molecule has 2 aromatic carbocycles. The fraction of sp³-hybridized carbons (Fsp3) is 0.316. The highest BCUT2D eigenvalue weighted by Crippen LogP contribution is 2.15. The number of aliphatic hydroxyl groups is 1. The molecule has 5 heteroatoms. The number of benzene rings is 2. The summed E-state index contributed by atoms with van der Waals surface area (Å²) in [6.07, 6.45) is 0.418. The van der Waals surface area contributed by atoms with Crippen molar-refractivity contribution in [2.75, 3.05) is 19.0 Å². The Kier molecular flexibility index (Phi) is 6.78. The van der Waals surface area contributed by atoms with Crippen molar-refractivity contribution in [3.63, 3.8) is 0 Å². The highest BCUT2D eigenvalue weighted by molar-refractivity contribution is 6.04. The van der Waals surface area contributed by atoms with Gasteiger partial charge < -0.3 is 20.5 Å². The summed E-state index contributed by atoms with van der Waals surface area (Å²) < 4.78 is 5.09. The molecule has 0 aliphatic heterocycles. The number of anilines is 1. The van der Waals surface area contributed by atoms with Crippen LogP contribution >= 0.6 is 0 Å². The molecule has 3 N–H and O–H groups in total. The van der Waals surface area contributed by atoms with Crippen LogP contribution < -0.4 is 15.4 Å². The van der Waals surface area contributed by atoms with Gasteiger partial charge in [0, 0.05) is 17.8 Å². The standard InChI is InChI=1S/C19H24N2O3/c1-14(22)10-11-20-13-15-4-3-5-17(12-15)21-19(23)16-6-8-18(24-2)9-7-16/h3-9,12,14,20,22H,10-11,13H2,1-2H3,(H,21,23). The van der Waals surface area contributed by atoms with E-state index < -0.39 is 0 Å². The number of rotatable bonds is 8. The van der Waals surface area contributed by atoms with Gasteiger partial charge >= 0.3 is 0 Å². The average molecular weight is 328 g/mol. The molecule has 0 aliphatic carbocycles. The van der Waals surface area contributed by atoms with Gasteiger partial charge in [-0.2, -0.15) is 0 Å². The summed E-state index contributed by atoms with van der Waals surface area (Å²) in [7, 11) is 1.59. The van der Waals surface area contributed by atoms with Gasteiger partial charge in [0.25, 0.3) is 5.91 Å². The maximum atomic E-state index is 12.3. The van der Waals surface area contributed by atoms with E-state index in [1.54, 1.807) is 38.3 Å². The van der Waals surface area contributed by atoms with Crippen molar-refractivity contribution in [3.8, 4) is 5.75 Å². The molecule has 0 aliphatic rings. The SMILES string of the molecule is COc1ccc(C(=O)Nc2cccc(CNCCC(C)O)c2)cc1. The normalized spacial score (nSPS) is 11.8. The minimum Gasteiger partial charge on any atom is -0.497 e. The molecular weight excluding hydrogens is 304 g/mol. The maximum Gasteiger partial charge on any atom is 0.255 e. The molecule has 1 atom stereocenters. The largest absolute Gasteiger partial charge is 0.497 e. The first-order chi connectivity index (χ1) is 11.6. The summed E-state index contributed by atoms with van der Waals surface area (Å²) in [4.78, 5) is 12.3. The van der Waals surface area contributed by atoms with Gasteiger partial charge in [-0.05, 0) is 61.9 Å². The van der Waals surface area contributed by atoms with Crippen molar-refractivity contribution < 1.29 is 14.6 Å². The van der Waals surface area contributed by atoms with Crippen molar-refractivity contribution in [1.82, 2.24) is 5.32 Å². The predicted octanol–water partition coefficient (Wildman–Crippen LogP) is 2.81. The van der Waals surface area contributed by atoms with E-state index >= 15 is 0 Å². The zero-order chi connectivity index (χ0) is 17.4. The second-order valence-electron chi connectivity index (χ2n) is 5.70. The van der Waals surface area contributed by atoms with Gasteiger partial charge in [-0.3, -0.25) is 4.79 Å². The first kappa shape index (κ1) is 18.0. The summed E-state index contributed by atoms with van der Waals surface area (Å²) >= 11 is 0. The number of carbonyl (C=O) groups is 1. The van der Waals surface area contributed by atoms with Crippen molar-refractivity contribution in [3.05, 3.63) is 59.7 Å². The maximum absolute atomic E-state index is 12.3. The molecule has 1 unspecified atom stereocenters. The molecule has 0 aromatic heterocycles. The van der Waals surface area contributed by atoms with Gasteiger partial charge in [-0.1, -0.05) is 12.1 Å². The summed E-state index contributed by atoms with van der Waals surface area (Å²) in [5.74, 6) is 0.564. The number of carbonyl (C=O) groups excluding carboxylic acids is 1. The fourth-order valence-electron chi connectivity index (χ4n) is 2.25. The molecule has 0 spiro atoms. The molecule has 0 fully saturated rings. The topological polar surface area (TPSA) is 70.6 Å². The zero-order valence-electron chi connectivity index (χ0n) is 14.1. The van der Waals surface area contributed by atoms with E-state index in [2.05, 4.69) is 10.6 Å². The summed E-state index contributed by atoms with van der Waals surface area (Å²) in [6.45, 7) is 3.22. The van der Waals surface area contributed by atoms with Crippen LogP contribution in [0.1, 0.15) is 29.3 Å². The zero-order valence-corrected chi connectivity index (χ0v) is 14.1. The minimum atomic E-state index is -0.299. The molecule has 5 nitrogen and oxygen atoms in total. The smallest absolute Gasteiger partial charge is 0.255 e. The summed E-state index contributed by atoms with van der Waals surface area (Å²) in [5.41, 5.74) is 2.41. The van der Waals surface area contributed by atoms with E-state index in [1.165, 1.54) is 0 Å². The van der Waals surface area contributed by atoms with Crippen LogP contribution in [0.15, 0.2) is 48.5 Å². The van der Waals surface area contributed by atoms with E-state index in [1.807, 2.05) is 24.3 Å². The molecule has 0 bridgehead atoms. The summed E-state index contributed by atoms with van der Waals surface area (Å²) in [5, 5.41) is 15.4. The number of ether oxygens (including phenoxy) is 1. The first-order valence-corrected chi connectivity index (χ1v) is 8.01. The van der Waals surface area contributed by atoms with E-state index in [0.29, 0.717) is 18.5 Å². The molecule has 2 aromatic rings. The molecule has 128 valence electrons. The number of hydrogen-bond donors (Lipinski definition) is 3. The second-order valence-corrected chi connectivity index (χ2v) is 5.70. The van der Waals surface area contributed by atoms with Crippen molar-refractivity contribution in [1.29, 1.82) is 0 Å². The number of aliphatic hydroxyl groups excluding tert-OH is 1. The third kappa shape index (κ3) is 5.68. The van der Waals surface area contributed by atoms with Gasteiger partial charge in [0.15, 0.2) is 0 Å². The Morgan fingerprint density at radius 1 is 1.21 bits per heavy atom. The molecule has 2 rings (SSSR count). The lowest BCUT2D eigenvalue weighted by Crippen LogP contribution is -2.18. The van der Waals surface area contributed by atoms with E-state index in [9.17, 15) is 9.90 Å². The van der Waals surface area contributed by atoms with Gasteiger partial charge in [0.2, 0.25) is 0 Å². The molecule has 1 amide bonds. The molecule has 0 radical (unpaired) electrons. The van der Waals surface area contributed by atoms with Crippen LogP contribution in [0.3, 0.4) is 0 Å². The van der Waals surface area contributed by atoms with Crippen LogP contribution in [-0.4, -0.2) is 30.8 Å². The average Bonchev–Trinajstić information content (AvgIpc) is 2.59. The Morgan fingerprint density at radius 2 is 1.96 bits per heavy atom. The van der Waals surface area contributed by atoms with Gasteiger partial charge in [0.1, 0.15) is 5.75 Å². The highest BCUT2D eigenvalue weighted by atomic mass is 16.5. The number of methoxy groups -OCH3 is 1. The molecule has 24 heavy (non-hydrogen) atoms. The molecular formula is C19H24N2O3. The Balaban J connectivity index is 1.91. The fourth-order valence-corrected chi connectivity index (χ4v) is 2.25. The highest BCUT2D eigenvalue weighted by Gasteiger charge is 2.06. The van der Waals surface area contributed by atoms with E-state index in [0.717, 1.165) is 23.5 Å². The van der Waals surface area contributed by atoms with Crippen LogP contribution in [0.25, 0.3) is 0 Å². The molecule has 0 saturated heterocycles. The third-order valence-corrected chi connectivity index (χ3v) is 3.61. The number of amides is 1. The number of hydrogen-bond acceptors (Lipinski definition) is 4. The van der Waals surface area contributed by atoms with Crippen molar-refractivity contribution in [2.45, 2.75) is 26.0 Å². The number of nitrogens with one attached hydrogen (secondary N) is 2. The van der Waals surface area contributed by atoms with E-state index in [-0.39, 0.29) is 12.0 Å². The Morgan fingerprint density at radius 3 is 2.62 bits per heavy atom. The van der Waals surface area contributed by atoms with E-state index in [4.69, 9.17) is 4.74 Å². The minimum absolute atomic E-state index is 0.156.